The maximum absolute atomic E-state index is 11.7. The summed E-state index contributed by atoms with van der Waals surface area (Å²) in [6.07, 6.45) is 5.39. The fourth-order valence-electron chi connectivity index (χ4n) is 1.94. The highest BCUT2D eigenvalue weighted by molar-refractivity contribution is 5.67. The zero-order valence-electron chi connectivity index (χ0n) is 10.8. The molecule has 6 heteroatoms. The smallest absolute Gasteiger partial charge is 0.409 e. The molecule has 100 valence electrons. The Labute approximate surface area is 106 Å². The Balaban J connectivity index is 1.74. The van der Waals surface area contributed by atoms with Crippen molar-refractivity contribution in [2.45, 2.75) is 25.5 Å². The van der Waals surface area contributed by atoms with E-state index in [4.69, 9.17) is 9.47 Å². The highest BCUT2D eigenvalue weighted by Gasteiger charge is 2.19. The highest BCUT2D eigenvalue weighted by atomic mass is 16.6. The van der Waals surface area contributed by atoms with Gasteiger partial charge in [-0.1, -0.05) is 0 Å². The minimum atomic E-state index is -0.325. The number of carbonyl (C=O) groups is 1. The summed E-state index contributed by atoms with van der Waals surface area (Å²) in [6.45, 7) is 1.61. The van der Waals surface area contributed by atoms with E-state index in [0.717, 1.165) is 25.0 Å². The van der Waals surface area contributed by atoms with E-state index in [1.165, 1.54) is 4.90 Å². The summed E-state index contributed by atoms with van der Waals surface area (Å²) in [5.74, 6) is 0. The van der Waals surface area contributed by atoms with Crippen LogP contribution in [0.3, 0.4) is 0 Å². The molecule has 1 aromatic rings. The molecule has 0 spiro atoms. The number of nitrogens with zero attached hydrogens (tertiary/aromatic N) is 3. The maximum Gasteiger partial charge on any atom is 0.409 e. The van der Waals surface area contributed by atoms with Crippen molar-refractivity contribution >= 4 is 6.09 Å². The normalized spacial score (nSPS) is 18.9. The van der Waals surface area contributed by atoms with Crippen molar-refractivity contribution in [3.63, 3.8) is 0 Å². The molecule has 1 aliphatic heterocycles. The van der Waals surface area contributed by atoms with Crippen LogP contribution >= 0.6 is 0 Å². The third kappa shape index (κ3) is 3.46. The summed E-state index contributed by atoms with van der Waals surface area (Å²) < 4.78 is 12.3. The van der Waals surface area contributed by atoms with Gasteiger partial charge in [0.05, 0.1) is 18.8 Å². The molecule has 0 bridgehead atoms. The molecule has 0 aliphatic carbocycles. The van der Waals surface area contributed by atoms with Crippen LogP contribution in [-0.4, -0.2) is 47.1 Å². The Morgan fingerprint density at radius 3 is 3.17 bits per heavy atom. The van der Waals surface area contributed by atoms with Gasteiger partial charge in [-0.25, -0.2) is 4.79 Å². The predicted molar refractivity (Wildman–Crippen MR) is 65.0 cm³/mol. The predicted octanol–water partition coefficient (Wildman–Crippen LogP) is 1.17. The maximum atomic E-state index is 11.7. The molecule has 1 amide bonds. The van der Waals surface area contributed by atoms with Crippen molar-refractivity contribution in [1.82, 2.24) is 14.7 Å². The van der Waals surface area contributed by atoms with Crippen LogP contribution in [0.2, 0.25) is 0 Å². The molecule has 2 heterocycles. The van der Waals surface area contributed by atoms with Crippen molar-refractivity contribution in [2.24, 2.45) is 7.05 Å². The van der Waals surface area contributed by atoms with E-state index in [0.29, 0.717) is 13.2 Å². The van der Waals surface area contributed by atoms with Gasteiger partial charge in [0.15, 0.2) is 0 Å². The van der Waals surface area contributed by atoms with Gasteiger partial charge in [-0.3, -0.25) is 4.68 Å². The van der Waals surface area contributed by atoms with Gasteiger partial charge in [-0.2, -0.15) is 5.10 Å². The average molecular weight is 253 g/mol. The first-order valence-electron chi connectivity index (χ1n) is 6.12. The summed E-state index contributed by atoms with van der Waals surface area (Å²) >= 11 is 0. The molecular weight excluding hydrogens is 234 g/mol. The van der Waals surface area contributed by atoms with Gasteiger partial charge in [0.1, 0.15) is 6.61 Å². The summed E-state index contributed by atoms with van der Waals surface area (Å²) in [4.78, 5) is 13.3. The topological polar surface area (TPSA) is 56.6 Å². The van der Waals surface area contributed by atoms with Crippen LogP contribution in [0.1, 0.15) is 18.4 Å². The lowest BCUT2D eigenvalue weighted by Crippen LogP contribution is -2.29. The summed E-state index contributed by atoms with van der Waals surface area (Å²) in [7, 11) is 3.56. The van der Waals surface area contributed by atoms with E-state index in [-0.39, 0.29) is 12.2 Å². The molecule has 6 nitrogen and oxygen atoms in total. The lowest BCUT2D eigenvalue weighted by Gasteiger charge is -2.17. The molecule has 1 aliphatic rings. The van der Waals surface area contributed by atoms with Crippen molar-refractivity contribution < 1.29 is 14.3 Å². The van der Waals surface area contributed by atoms with Crippen molar-refractivity contribution in [2.75, 3.05) is 20.3 Å². The zero-order valence-corrected chi connectivity index (χ0v) is 10.8. The molecule has 1 fully saturated rings. The van der Waals surface area contributed by atoms with E-state index < -0.39 is 0 Å². The monoisotopic (exact) mass is 253 g/mol. The number of carbonyl (C=O) groups excluding carboxylic acids is 1. The van der Waals surface area contributed by atoms with Crippen molar-refractivity contribution in [3.8, 4) is 0 Å². The Kier molecular flexibility index (Phi) is 4.19. The molecule has 0 radical (unpaired) electrons. The number of hydrogen-bond acceptors (Lipinski definition) is 4. The second-order valence-corrected chi connectivity index (χ2v) is 4.59. The molecule has 1 saturated heterocycles. The van der Waals surface area contributed by atoms with Crippen LogP contribution in [0, 0.1) is 0 Å². The Morgan fingerprint density at radius 1 is 1.72 bits per heavy atom. The van der Waals surface area contributed by atoms with Gasteiger partial charge < -0.3 is 14.4 Å². The highest BCUT2D eigenvalue weighted by Crippen LogP contribution is 2.12. The van der Waals surface area contributed by atoms with Gasteiger partial charge in [-0.15, -0.1) is 0 Å². The Morgan fingerprint density at radius 2 is 2.56 bits per heavy atom. The zero-order chi connectivity index (χ0) is 13.0. The second kappa shape index (κ2) is 5.86. The number of ether oxygens (including phenoxy) is 2. The van der Waals surface area contributed by atoms with E-state index in [1.54, 1.807) is 17.9 Å². The van der Waals surface area contributed by atoms with Gasteiger partial charge in [0, 0.05) is 32.5 Å². The van der Waals surface area contributed by atoms with Gasteiger partial charge in [-0.05, 0) is 12.8 Å². The Hall–Kier alpha value is -1.56. The van der Waals surface area contributed by atoms with Crippen LogP contribution in [0.5, 0.6) is 0 Å². The lowest BCUT2D eigenvalue weighted by atomic mass is 10.2. The molecule has 0 N–H and O–H groups in total. The third-order valence-electron chi connectivity index (χ3n) is 2.91. The number of amides is 1. The first-order valence-corrected chi connectivity index (χ1v) is 6.12. The molecule has 0 aromatic carbocycles. The van der Waals surface area contributed by atoms with E-state index in [2.05, 4.69) is 5.10 Å². The van der Waals surface area contributed by atoms with Crippen LogP contribution < -0.4 is 0 Å². The first kappa shape index (κ1) is 12.9. The number of rotatable bonds is 4. The Bertz CT molecular complexity index is 399. The SMILES string of the molecule is CN(Cc1cnn(C)c1)C(=O)OC[C@@H]1CCCO1. The van der Waals surface area contributed by atoms with E-state index in [9.17, 15) is 4.79 Å². The fourth-order valence-corrected chi connectivity index (χ4v) is 1.94. The van der Waals surface area contributed by atoms with E-state index in [1.807, 2.05) is 13.2 Å². The fraction of sp³-hybridized carbons (Fsp3) is 0.667. The molecule has 1 atom stereocenters. The second-order valence-electron chi connectivity index (χ2n) is 4.59. The average Bonchev–Trinajstić information content (AvgIpc) is 2.97. The van der Waals surface area contributed by atoms with Crippen LogP contribution in [0.15, 0.2) is 12.4 Å². The van der Waals surface area contributed by atoms with Crippen LogP contribution in [0.25, 0.3) is 0 Å². The standard InChI is InChI=1S/C12H19N3O3/c1-14(7-10-6-13-15(2)8-10)12(16)18-9-11-4-3-5-17-11/h6,8,11H,3-5,7,9H2,1-2H3/t11-/m0/s1. The number of aromatic nitrogens is 2. The molecule has 0 unspecified atom stereocenters. The minimum absolute atomic E-state index is 0.0701. The summed E-state index contributed by atoms with van der Waals surface area (Å²) in [6, 6.07) is 0. The van der Waals surface area contributed by atoms with Crippen LogP contribution in [0.4, 0.5) is 4.79 Å². The van der Waals surface area contributed by atoms with Crippen LogP contribution in [-0.2, 0) is 23.1 Å². The first-order chi connectivity index (χ1) is 8.65. The van der Waals surface area contributed by atoms with Gasteiger partial charge >= 0.3 is 6.09 Å². The lowest BCUT2D eigenvalue weighted by molar-refractivity contribution is 0.0320. The van der Waals surface area contributed by atoms with Crippen molar-refractivity contribution in [1.29, 1.82) is 0 Å². The number of hydrogen-bond donors (Lipinski definition) is 0. The quantitative estimate of drug-likeness (QED) is 0.808. The summed E-state index contributed by atoms with van der Waals surface area (Å²) in [5, 5.41) is 4.06. The summed E-state index contributed by atoms with van der Waals surface area (Å²) in [5.41, 5.74) is 0.981. The van der Waals surface area contributed by atoms with Gasteiger partial charge in [0.25, 0.3) is 0 Å². The molecule has 18 heavy (non-hydrogen) atoms. The molecule has 2 rings (SSSR count). The molecule has 1 aromatic heterocycles. The number of aryl methyl sites for hydroxylation is 1. The van der Waals surface area contributed by atoms with Crippen molar-refractivity contribution in [3.05, 3.63) is 18.0 Å². The van der Waals surface area contributed by atoms with Gasteiger partial charge in [0.2, 0.25) is 0 Å². The minimum Gasteiger partial charge on any atom is -0.447 e. The molecule has 0 saturated carbocycles. The molecular formula is C12H19N3O3. The third-order valence-corrected chi connectivity index (χ3v) is 2.91. The largest absolute Gasteiger partial charge is 0.447 e. The van der Waals surface area contributed by atoms with E-state index >= 15 is 0 Å².